The average Bonchev–Trinajstić information content (AvgIpc) is 3.18. The molecule has 0 N–H and O–H groups in total. The van der Waals surface area contributed by atoms with Crippen molar-refractivity contribution in [2.45, 2.75) is 29.1 Å². The number of rotatable bonds is 3. The molecule has 0 bridgehead atoms. The van der Waals surface area contributed by atoms with Gasteiger partial charge >= 0.3 is 0 Å². The molecule has 0 radical (unpaired) electrons. The Bertz CT molecular complexity index is 809. The molecule has 1 aromatic carbocycles. The van der Waals surface area contributed by atoms with Crippen molar-refractivity contribution in [3.63, 3.8) is 0 Å². The molecule has 0 amide bonds. The monoisotopic (exact) mass is 328 g/mol. The third kappa shape index (κ3) is 2.68. The molecule has 4 nitrogen and oxygen atoms in total. The Hall–Kier alpha value is -1.66. The van der Waals surface area contributed by atoms with Crippen molar-refractivity contribution < 1.29 is 0 Å². The number of anilines is 1. The highest BCUT2D eigenvalue weighted by atomic mass is 32.2. The van der Waals surface area contributed by atoms with Gasteiger partial charge in [-0.05, 0) is 43.7 Å². The van der Waals surface area contributed by atoms with Gasteiger partial charge in [0.05, 0.1) is 11.0 Å². The van der Waals surface area contributed by atoms with Crippen LogP contribution in [0, 0.1) is 6.92 Å². The van der Waals surface area contributed by atoms with E-state index in [2.05, 4.69) is 15.3 Å². The van der Waals surface area contributed by atoms with E-state index in [0.717, 1.165) is 45.0 Å². The van der Waals surface area contributed by atoms with Gasteiger partial charge in [0, 0.05) is 24.2 Å². The van der Waals surface area contributed by atoms with E-state index in [1.165, 1.54) is 12.8 Å². The molecule has 2 aromatic heterocycles. The molecule has 0 spiro atoms. The summed E-state index contributed by atoms with van der Waals surface area (Å²) in [6, 6.07) is 8.08. The summed E-state index contributed by atoms with van der Waals surface area (Å²) in [4.78, 5) is 16.6. The van der Waals surface area contributed by atoms with E-state index in [9.17, 15) is 0 Å². The van der Waals surface area contributed by atoms with Gasteiger partial charge < -0.3 is 4.90 Å². The van der Waals surface area contributed by atoms with Crippen LogP contribution in [0.15, 0.2) is 39.0 Å². The fraction of sp³-hybridized carbons (Fsp3) is 0.312. The average molecular weight is 328 g/mol. The number of aromatic nitrogens is 3. The van der Waals surface area contributed by atoms with E-state index in [4.69, 9.17) is 9.97 Å². The SMILES string of the molecule is Cc1csc(Sc2nc3ccccc3nc2N2CCCC2)n1. The summed E-state index contributed by atoms with van der Waals surface area (Å²) in [5.41, 5.74) is 2.97. The highest BCUT2D eigenvalue weighted by Crippen LogP contribution is 2.36. The maximum absolute atomic E-state index is 4.88. The first-order valence-corrected chi connectivity index (χ1v) is 9.11. The summed E-state index contributed by atoms with van der Waals surface area (Å²) in [6.45, 7) is 4.16. The van der Waals surface area contributed by atoms with Gasteiger partial charge in [0.2, 0.25) is 0 Å². The van der Waals surface area contributed by atoms with Crippen molar-refractivity contribution in [2.75, 3.05) is 18.0 Å². The van der Waals surface area contributed by atoms with Gasteiger partial charge in [-0.2, -0.15) is 0 Å². The molecule has 0 saturated carbocycles. The number of para-hydroxylation sites is 2. The summed E-state index contributed by atoms with van der Waals surface area (Å²) in [5, 5.41) is 3.04. The number of hydrogen-bond acceptors (Lipinski definition) is 6. The largest absolute Gasteiger partial charge is 0.354 e. The Morgan fingerprint density at radius 3 is 2.45 bits per heavy atom. The highest BCUT2D eigenvalue weighted by Gasteiger charge is 2.20. The molecule has 4 rings (SSSR count). The van der Waals surface area contributed by atoms with Crippen LogP contribution in [0.1, 0.15) is 18.5 Å². The van der Waals surface area contributed by atoms with Crippen molar-refractivity contribution in [1.82, 2.24) is 15.0 Å². The maximum Gasteiger partial charge on any atom is 0.162 e. The van der Waals surface area contributed by atoms with Gasteiger partial charge in [0.25, 0.3) is 0 Å². The Morgan fingerprint density at radius 2 is 1.77 bits per heavy atom. The molecular weight excluding hydrogens is 312 g/mol. The van der Waals surface area contributed by atoms with Crippen molar-refractivity contribution in [3.8, 4) is 0 Å². The molecule has 0 aliphatic carbocycles. The smallest absolute Gasteiger partial charge is 0.162 e. The van der Waals surface area contributed by atoms with E-state index in [-0.39, 0.29) is 0 Å². The van der Waals surface area contributed by atoms with Crippen LogP contribution in [-0.2, 0) is 0 Å². The third-order valence-corrected chi connectivity index (χ3v) is 5.73. The standard InChI is InChI=1S/C16H16N4S2/c1-11-10-21-16(17-11)22-15-14(20-8-4-5-9-20)18-12-6-2-3-7-13(12)19-15/h2-3,6-7,10H,4-5,8-9H2,1H3. The van der Waals surface area contributed by atoms with E-state index in [1.54, 1.807) is 23.1 Å². The highest BCUT2D eigenvalue weighted by molar-refractivity contribution is 8.01. The molecule has 0 unspecified atom stereocenters. The van der Waals surface area contributed by atoms with Crippen molar-refractivity contribution in [1.29, 1.82) is 0 Å². The van der Waals surface area contributed by atoms with Gasteiger partial charge in [0.1, 0.15) is 5.03 Å². The first kappa shape index (κ1) is 14.0. The summed E-state index contributed by atoms with van der Waals surface area (Å²) in [5.74, 6) is 1.01. The molecule has 1 fully saturated rings. The lowest BCUT2D eigenvalue weighted by atomic mass is 10.3. The minimum Gasteiger partial charge on any atom is -0.354 e. The van der Waals surface area contributed by atoms with Crippen molar-refractivity contribution in [2.24, 2.45) is 0 Å². The summed E-state index contributed by atoms with van der Waals surface area (Å²) in [6.07, 6.45) is 2.46. The number of nitrogens with zero attached hydrogens (tertiary/aromatic N) is 4. The van der Waals surface area contributed by atoms with E-state index < -0.39 is 0 Å². The fourth-order valence-corrected chi connectivity index (χ4v) is 4.50. The number of fused-ring (bicyclic) bond motifs is 1. The molecule has 0 atom stereocenters. The van der Waals surface area contributed by atoms with Crippen LogP contribution in [-0.4, -0.2) is 28.0 Å². The molecule has 1 aliphatic rings. The number of hydrogen-bond donors (Lipinski definition) is 0. The van der Waals surface area contributed by atoms with E-state index in [0.29, 0.717) is 0 Å². The second-order valence-electron chi connectivity index (χ2n) is 5.39. The molecule has 112 valence electrons. The maximum atomic E-state index is 4.88. The lowest BCUT2D eigenvalue weighted by molar-refractivity contribution is 0.901. The predicted molar refractivity (Wildman–Crippen MR) is 92.0 cm³/mol. The minimum absolute atomic E-state index is 0.946. The number of thiazole rings is 1. The van der Waals surface area contributed by atoms with Crippen LogP contribution in [0.3, 0.4) is 0 Å². The molecule has 6 heteroatoms. The Labute approximate surface area is 137 Å². The zero-order valence-corrected chi connectivity index (χ0v) is 14.0. The molecule has 1 saturated heterocycles. The topological polar surface area (TPSA) is 41.9 Å². The van der Waals surface area contributed by atoms with Crippen molar-refractivity contribution in [3.05, 3.63) is 35.3 Å². The first-order valence-electron chi connectivity index (χ1n) is 7.41. The van der Waals surface area contributed by atoms with E-state index in [1.807, 2.05) is 31.2 Å². The Morgan fingerprint density at radius 1 is 1.05 bits per heavy atom. The second-order valence-corrected chi connectivity index (χ2v) is 7.49. The second kappa shape index (κ2) is 5.85. The van der Waals surface area contributed by atoms with Crippen molar-refractivity contribution >= 4 is 39.9 Å². The predicted octanol–water partition coefficient (Wildman–Crippen LogP) is 4.15. The van der Waals surface area contributed by atoms with Gasteiger partial charge in [0.15, 0.2) is 10.2 Å². The van der Waals surface area contributed by atoms with Gasteiger partial charge in [-0.1, -0.05) is 12.1 Å². The summed E-state index contributed by atoms with van der Waals surface area (Å²) >= 11 is 3.30. The fourth-order valence-electron chi connectivity index (χ4n) is 2.64. The summed E-state index contributed by atoms with van der Waals surface area (Å²) < 4.78 is 1.03. The van der Waals surface area contributed by atoms with Crippen LogP contribution in [0.4, 0.5) is 5.82 Å². The molecule has 1 aliphatic heterocycles. The molecule has 3 heterocycles. The third-order valence-electron chi connectivity index (χ3n) is 3.71. The first-order chi connectivity index (χ1) is 10.8. The van der Waals surface area contributed by atoms with Gasteiger partial charge in [-0.15, -0.1) is 11.3 Å². The molecule has 3 aromatic rings. The van der Waals surface area contributed by atoms with Gasteiger partial charge in [-0.25, -0.2) is 15.0 Å². The molecule has 22 heavy (non-hydrogen) atoms. The lowest BCUT2D eigenvalue weighted by Crippen LogP contribution is -2.20. The van der Waals surface area contributed by atoms with E-state index >= 15 is 0 Å². The Balaban J connectivity index is 1.80. The van der Waals surface area contributed by atoms with Crippen LogP contribution < -0.4 is 4.90 Å². The zero-order chi connectivity index (χ0) is 14.9. The van der Waals surface area contributed by atoms with Crippen LogP contribution >= 0.6 is 23.1 Å². The van der Waals surface area contributed by atoms with Crippen LogP contribution in [0.2, 0.25) is 0 Å². The van der Waals surface area contributed by atoms with Gasteiger partial charge in [-0.3, -0.25) is 0 Å². The lowest BCUT2D eigenvalue weighted by Gasteiger charge is -2.19. The minimum atomic E-state index is 0.946. The zero-order valence-electron chi connectivity index (χ0n) is 12.3. The Kier molecular flexibility index (Phi) is 3.72. The quantitative estimate of drug-likeness (QED) is 0.722. The van der Waals surface area contributed by atoms with Crippen LogP contribution in [0.25, 0.3) is 11.0 Å². The number of aryl methyl sites for hydroxylation is 1. The van der Waals surface area contributed by atoms with Crippen LogP contribution in [0.5, 0.6) is 0 Å². The number of benzene rings is 1. The normalized spacial score (nSPS) is 14.9. The molecular formula is C16H16N4S2. The summed E-state index contributed by atoms with van der Waals surface area (Å²) in [7, 11) is 0.